The second-order valence-electron chi connectivity index (χ2n) is 5.03. The van der Waals surface area contributed by atoms with Gasteiger partial charge < -0.3 is 10.6 Å². The lowest BCUT2D eigenvalue weighted by molar-refractivity contribution is -0.143. The third-order valence-corrected chi connectivity index (χ3v) is 3.31. The number of carbonyl (C=O) groups is 3. The maximum absolute atomic E-state index is 13.4. The van der Waals surface area contributed by atoms with Gasteiger partial charge in [0.1, 0.15) is 17.9 Å². The van der Waals surface area contributed by atoms with Crippen LogP contribution in [0.25, 0.3) is 0 Å². The van der Waals surface area contributed by atoms with E-state index in [0.29, 0.717) is 0 Å². The number of halogens is 1. The number of hydrogen-bond acceptors (Lipinski definition) is 4. The van der Waals surface area contributed by atoms with Crippen molar-refractivity contribution < 1.29 is 18.8 Å². The Morgan fingerprint density at radius 3 is 2.70 bits per heavy atom. The molecule has 3 N–H and O–H groups in total. The molecular weight excluding hydrogens is 265 g/mol. The van der Waals surface area contributed by atoms with Crippen LogP contribution in [0.3, 0.4) is 0 Å². The monoisotopic (exact) mass is 279 g/mol. The Kier molecular flexibility index (Phi) is 3.21. The molecule has 0 spiro atoms. The fourth-order valence-electron chi connectivity index (χ4n) is 1.98. The van der Waals surface area contributed by atoms with E-state index < -0.39 is 29.1 Å². The minimum Gasteiger partial charge on any atom is -0.396 e. The van der Waals surface area contributed by atoms with Crippen molar-refractivity contribution in [3.63, 3.8) is 0 Å². The topological polar surface area (TPSA) is 92.5 Å². The Morgan fingerprint density at radius 1 is 1.40 bits per heavy atom. The van der Waals surface area contributed by atoms with Crippen LogP contribution in [0.4, 0.5) is 10.1 Å². The third-order valence-electron chi connectivity index (χ3n) is 3.31. The summed E-state index contributed by atoms with van der Waals surface area (Å²) < 4.78 is 13.4. The van der Waals surface area contributed by atoms with Crippen molar-refractivity contribution in [3.8, 4) is 0 Å². The van der Waals surface area contributed by atoms with E-state index in [4.69, 9.17) is 5.73 Å². The van der Waals surface area contributed by atoms with Crippen LogP contribution >= 0.6 is 0 Å². The molecule has 1 fully saturated rings. The molecule has 0 bridgehead atoms. The van der Waals surface area contributed by atoms with Crippen LogP contribution in [0, 0.1) is 5.82 Å². The number of nitrogens with zero attached hydrogens (tertiary/aromatic N) is 1. The van der Waals surface area contributed by atoms with Gasteiger partial charge in [0, 0.05) is 0 Å². The smallest absolute Gasteiger partial charge is 0.257 e. The maximum atomic E-state index is 13.4. The molecule has 1 aromatic carbocycles. The van der Waals surface area contributed by atoms with Crippen LogP contribution in [-0.4, -0.2) is 34.7 Å². The van der Waals surface area contributed by atoms with Gasteiger partial charge in [0.2, 0.25) is 5.91 Å². The van der Waals surface area contributed by atoms with Gasteiger partial charge in [-0.05, 0) is 26.0 Å². The molecule has 0 radical (unpaired) electrons. The lowest BCUT2D eigenvalue weighted by atomic mass is 9.97. The predicted molar refractivity (Wildman–Crippen MR) is 69.1 cm³/mol. The number of nitrogens with two attached hydrogens (primary N) is 1. The van der Waals surface area contributed by atoms with E-state index in [1.54, 1.807) is 0 Å². The second kappa shape index (κ2) is 4.59. The number of rotatable bonds is 1. The summed E-state index contributed by atoms with van der Waals surface area (Å²) in [6, 6.07) is 3.83. The highest BCUT2D eigenvalue weighted by atomic mass is 19.1. The lowest BCUT2D eigenvalue weighted by Crippen LogP contribution is -2.65. The molecule has 3 amide bonds. The summed E-state index contributed by atoms with van der Waals surface area (Å²) in [7, 11) is 0. The molecule has 0 atom stereocenters. The molecule has 106 valence electrons. The highest BCUT2D eigenvalue weighted by Gasteiger charge is 2.44. The molecule has 0 aliphatic carbocycles. The first kappa shape index (κ1) is 14.0. The Labute approximate surface area is 114 Å². The molecule has 1 saturated heterocycles. The molecule has 6 nitrogen and oxygen atoms in total. The number of benzene rings is 1. The molecule has 1 aromatic rings. The van der Waals surface area contributed by atoms with Crippen molar-refractivity contribution in [3.05, 3.63) is 29.6 Å². The zero-order chi connectivity index (χ0) is 15.1. The van der Waals surface area contributed by atoms with Crippen LogP contribution in [0.5, 0.6) is 0 Å². The van der Waals surface area contributed by atoms with E-state index >= 15 is 0 Å². The molecule has 20 heavy (non-hydrogen) atoms. The number of para-hydroxylation sites is 1. The number of nitrogens with one attached hydrogen (secondary N) is 1. The van der Waals surface area contributed by atoms with Crippen molar-refractivity contribution in [2.75, 3.05) is 12.3 Å². The van der Waals surface area contributed by atoms with E-state index in [2.05, 4.69) is 5.32 Å². The van der Waals surface area contributed by atoms with Gasteiger partial charge >= 0.3 is 0 Å². The molecule has 1 heterocycles. The Morgan fingerprint density at radius 2 is 2.05 bits per heavy atom. The normalized spacial score (nSPS) is 17.9. The number of piperazine rings is 1. The number of amides is 3. The number of hydrogen-bond donors (Lipinski definition) is 2. The van der Waals surface area contributed by atoms with Crippen LogP contribution in [0.2, 0.25) is 0 Å². The molecule has 0 unspecified atom stereocenters. The Bertz CT molecular complexity index is 613. The van der Waals surface area contributed by atoms with Crippen LogP contribution in [0.1, 0.15) is 24.2 Å². The summed E-state index contributed by atoms with van der Waals surface area (Å²) in [5.74, 6) is -2.55. The van der Waals surface area contributed by atoms with Gasteiger partial charge in [0.05, 0.1) is 11.3 Å². The molecule has 0 saturated carbocycles. The van der Waals surface area contributed by atoms with Gasteiger partial charge in [0.15, 0.2) is 0 Å². The SMILES string of the molecule is CC1(C)C(=O)NC(=O)CN1C(=O)c1cccc(F)c1N. The van der Waals surface area contributed by atoms with Crippen LogP contribution < -0.4 is 11.1 Å². The first-order chi connectivity index (χ1) is 9.25. The molecule has 2 rings (SSSR count). The lowest BCUT2D eigenvalue weighted by Gasteiger charge is -2.40. The van der Waals surface area contributed by atoms with Crippen LogP contribution in [0.15, 0.2) is 18.2 Å². The minimum absolute atomic E-state index is 0.0689. The average molecular weight is 279 g/mol. The van der Waals surface area contributed by atoms with E-state index in [9.17, 15) is 18.8 Å². The van der Waals surface area contributed by atoms with Gasteiger partial charge in [-0.15, -0.1) is 0 Å². The summed E-state index contributed by atoms with van der Waals surface area (Å²) in [6.07, 6.45) is 0. The van der Waals surface area contributed by atoms with Gasteiger partial charge in [-0.3, -0.25) is 19.7 Å². The summed E-state index contributed by atoms with van der Waals surface area (Å²) in [5, 5.41) is 2.15. The van der Waals surface area contributed by atoms with E-state index in [1.807, 2.05) is 0 Å². The first-order valence-electron chi connectivity index (χ1n) is 5.95. The van der Waals surface area contributed by atoms with Gasteiger partial charge in [-0.1, -0.05) is 6.07 Å². The van der Waals surface area contributed by atoms with E-state index in [1.165, 1.54) is 26.0 Å². The Hall–Kier alpha value is -2.44. The van der Waals surface area contributed by atoms with Gasteiger partial charge in [-0.2, -0.15) is 0 Å². The predicted octanol–water partition coefficient (Wildman–Crippen LogP) is 0.285. The maximum Gasteiger partial charge on any atom is 0.257 e. The average Bonchev–Trinajstić information content (AvgIpc) is 2.37. The molecule has 7 heteroatoms. The largest absolute Gasteiger partial charge is 0.396 e. The van der Waals surface area contributed by atoms with E-state index in [0.717, 1.165) is 11.0 Å². The van der Waals surface area contributed by atoms with Crippen LogP contribution in [-0.2, 0) is 9.59 Å². The highest BCUT2D eigenvalue weighted by molar-refractivity contribution is 6.10. The van der Waals surface area contributed by atoms with Crippen molar-refractivity contribution >= 4 is 23.4 Å². The minimum atomic E-state index is -1.22. The number of nitrogen functional groups attached to an aromatic ring is 1. The number of imide groups is 1. The van der Waals surface area contributed by atoms with Crippen molar-refractivity contribution in [1.82, 2.24) is 10.2 Å². The molecule has 1 aliphatic rings. The standard InChI is InChI=1S/C13H14FN3O3/c1-13(2)12(20)16-9(18)6-17(13)11(19)7-4-3-5-8(14)10(7)15/h3-5H,6,15H2,1-2H3,(H,16,18,20). The van der Waals surface area contributed by atoms with E-state index in [-0.39, 0.29) is 17.8 Å². The number of carbonyl (C=O) groups excluding carboxylic acids is 3. The quantitative estimate of drug-likeness (QED) is 0.570. The fraction of sp³-hybridized carbons (Fsp3) is 0.308. The molecule has 0 aromatic heterocycles. The summed E-state index contributed by atoms with van der Waals surface area (Å²) in [6.45, 7) is 2.72. The van der Waals surface area contributed by atoms with Crippen molar-refractivity contribution in [1.29, 1.82) is 0 Å². The zero-order valence-electron chi connectivity index (χ0n) is 11.1. The van der Waals surface area contributed by atoms with Crippen molar-refractivity contribution in [2.45, 2.75) is 19.4 Å². The summed E-state index contributed by atoms with van der Waals surface area (Å²) >= 11 is 0. The fourth-order valence-corrected chi connectivity index (χ4v) is 1.98. The highest BCUT2D eigenvalue weighted by Crippen LogP contribution is 2.24. The second-order valence-corrected chi connectivity index (χ2v) is 5.03. The summed E-state index contributed by atoms with van der Waals surface area (Å²) in [5.41, 5.74) is 3.95. The first-order valence-corrected chi connectivity index (χ1v) is 5.95. The molecule has 1 aliphatic heterocycles. The third kappa shape index (κ3) is 2.11. The number of anilines is 1. The van der Waals surface area contributed by atoms with Gasteiger partial charge in [0.25, 0.3) is 11.8 Å². The van der Waals surface area contributed by atoms with Gasteiger partial charge in [-0.25, -0.2) is 4.39 Å². The molecular formula is C13H14FN3O3. The zero-order valence-corrected chi connectivity index (χ0v) is 11.1. The van der Waals surface area contributed by atoms with Crippen molar-refractivity contribution in [2.24, 2.45) is 0 Å². The summed E-state index contributed by atoms with van der Waals surface area (Å²) in [4.78, 5) is 36.7. The Balaban J connectivity index is 2.43.